The maximum Gasteiger partial charge on any atom is 0.260 e. The van der Waals surface area contributed by atoms with Crippen molar-refractivity contribution in [2.75, 3.05) is 68.7 Å². The fraction of sp³-hybridized carbons (Fsp3) is 0.750. The molecule has 1 aromatic rings. The third-order valence-corrected chi connectivity index (χ3v) is 16.8. The number of amides is 7. The zero-order valence-corrected chi connectivity index (χ0v) is 46.4. The van der Waals surface area contributed by atoms with Crippen LogP contribution in [0.2, 0.25) is 0 Å². The highest BCUT2D eigenvalue weighted by Crippen LogP contribution is 2.31. The van der Waals surface area contributed by atoms with Gasteiger partial charge in [0.2, 0.25) is 39.6 Å². The van der Waals surface area contributed by atoms with E-state index in [-0.39, 0.29) is 72.7 Å². The van der Waals surface area contributed by atoms with E-state index in [4.69, 9.17) is 14.2 Å². The monoisotopic (exact) mass is 1050 g/mol. The first-order valence-electron chi connectivity index (χ1n) is 26.1. The predicted molar refractivity (Wildman–Crippen MR) is 276 cm³/mol. The van der Waals surface area contributed by atoms with Gasteiger partial charge in [0.1, 0.15) is 17.8 Å². The van der Waals surface area contributed by atoms with E-state index in [2.05, 4.69) is 20.7 Å². The number of carbonyl (C=O) groups is 7. The number of methoxy groups -OCH3 is 2. The lowest BCUT2D eigenvalue weighted by molar-refractivity contribution is -0.148. The van der Waals surface area contributed by atoms with E-state index < -0.39 is 75.4 Å². The molecule has 7 amide bonds. The van der Waals surface area contributed by atoms with Crippen molar-refractivity contribution in [3.63, 3.8) is 0 Å². The molecule has 412 valence electrons. The Morgan fingerprint density at radius 3 is 1.93 bits per heavy atom. The van der Waals surface area contributed by atoms with Gasteiger partial charge in [0.05, 0.1) is 47.9 Å². The number of benzene rings is 1. The molecule has 0 spiro atoms. The van der Waals surface area contributed by atoms with E-state index in [9.17, 15) is 42.0 Å². The second-order valence-corrected chi connectivity index (χ2v) is 23.1. The molecule has 3 aliphatic rings. The van der Waals surface area contributed by atoms with Crippen molar-refractivity contribution in [1.29, 1.82) is 0 Å². The van der Waals surface area contributed by atoms with Crippen molar-refractivity contribution in [1.82, 2.24) is 40.3 Å². The maximum atomic E-state index is 14.5. The van der Waals surface area contributed by atoms with Crippen LogP contribution < -0.4 is 25.4 Å². The van der Waals surface area contributed by atoms with Crippen molar-refractivity contribution in [2.45, 2.75) is 154 Å². The Morgan fingerprint density at radius 1 is 0.781 bits per heavy atom. The summed E-state index contributed by atoms with van der Waals surface area (Å²) in [6, 6.07) is 2.91. The molecular formula is C52H86N8O12S. The van der Waals surface area contributed by atoms with Crippen molar-refractivity contribution in [3.05, 3.63) is 29.8 Å². The molecule has 1 aliphatic carbocycles. The molecule has 4 N–H and O–H groups in total. The van der Waals surface area contributed by atoms with E-state index in [0.717, 1.165) is 0 Å². The first-order valence-corrected chi connectivity index (χ1v) is 27.6. The standard InChI is InChI=1S/C52H86N8O12S/c1-14-33(6)46(58(11)52(67)44(31(2)3)55-51(66)45(32(4)5)57(9)10)41(70-12)29-42(61)60-25-15-16-40(60)47(71-13)34(7)48(63)54-39(50(65)56-73(68,69)38-21-22-38)28-35-17-19-37(20-18-35)72-30-43(62)59-26-23-36(24-27-59)49(64)53-8/h17-20,31-34,36,38-41,44-47H,14-16,21-30H2,1-13H3,(H,53,64)(H,54,63)(H,55,66)(H,56,65)/t33-,34+,39-,40-,41+,44-,45-,46-,47+/m0/s1. The van der Waals surface area contributed by atoms with Gasteiger partial charge in [-0.1, -0.05) is 67.0 Å². The Bertz CT molecular complexity index is 2140. The minimum absolute atomic E-state index is 0.0000344. The molecule has 21 heteroatoms. The van der Waals surface area contributed by atoms with Crippen LogP contribution in [0.4, 0.5) is 0 Å². The largest absolute Gasteiger partial charge is 0.484 e. The van der Waals surface area contributed by atoms with Crippen LogP contribution in [0, 0.1) is 29.6 Å². The quantitative estimate of drug-likeness (QED) is 0.0991. The molecule has 0 bridgehead atoms. The Balaban J connectivity index is 1.47. The zero-order valence-electron chi connectivity index (χ0n) is 45.6. The molecule has 3 fully saturated rings. The number of nitrogens with one attached hydrogen (secondary N) is 4. The second kappa shape index (κ2) is 27.6. The van der Waals surface area contributed by atoms with E-state index >= 15 is 0 Å². The summed E-state index contributed by atoms with van der Waals surface area (Å²) in [4.78, 5) is 102. The first kappa shape index (κ1) is 60.7. The molecule has 0 radical (unpaired) electrons. The number of nitrogens with zero attached hydrogens (tertiary/aromatic N) is 4. The Kier molecular flexibility index (Phi) is 23.0. The van der Waals surface area contributed by atoms with Crippen LogP contribution in [0.25, 0.3) is 0 Å². The number of piperidine rings is 1. The van der Waals surface area contributed by atoms with Gasteiger partial charge in [-0.3, -0.25) is 43.2 Å². The van der Waals surface area contributed by atoms with Crippen molar-refractivity contribution >= 4 is 51.4 Å². The summed E-state index contributed by atoms with van der Waals surface area (Å²) in [5.41, 5.74) is 0.576. The van der Waals surface area contributed by atoms with Gasteiger partial charge >= 0.3 is 0 Å². The fourth-order valence-corrected chi connectivity index (χ4v) is 11.7. The molecule has 1 aromatic carbocycles. The van der Waals surface area contributed by atoms with Gasteiger partial charge in [0.25, 0.3) is 11.8 Å². The highest BCUT2D eigenvalue weighted by Gasteiger charge is 2.44. The van der Waals surface area contributed by atoms with Gasteiger partial charge in [-0.2, -0.15) is 0 Å². The maximum absolute atomic E-state index is 14.5. The van der Waals surface area contributed by atoms with Gasteiger partial charge in [-0.15, -0.1) is 0 Å². The highest BCUT2D eigenvalue weighted by atomic mass is 32.2. The van der Waals surface area contributed by atoms with Crippen molar-refractivity contribution in [3.8, 4) is 5.75 Å². The molecule has 2 heterocycles. The number of ether oxygens (including phenoxy) is 3. The van der Waals surface area contributed by atoms with Gasteiger partial charge in [0, 0.05) is 60.3 Å². The number of sulfonamides is 1. The molecule has 0 aromatic heterocycles. The molecule has 0 unspecified atom stereocenters. The molecular weight excluding hydrogens is 961 g/mol. The number of hydrogen-bond acceptors (Lipinski definition) is 13. The smallest absolute Gasteiger partial charge is 0.260 e. The number of likely N-dealkylation sites (N-methyl/N-ethyl adjacent to an activating group) is 2. The summed E-state index contributed by atoms with van der Waals surface area (Å²) in [6.07, 6.45) is 2.09. The summed E-state index contributed by atoms with van der Waals surface area (Å²) in [7, 11) is 5.94. The van der Waals surface area contributed by atoms with Crippen LogP contribution in [-0.4, -0.2) is 186 Å². The lowest BCUT2D eigenvalue weighted by Crippen LogP contribution is -2.59. The van der Waals surface area contributed by atoms with Crippen LogP contribution in [-0.2, 0) is 59.5 Å². The first-order chi connectivity index (χ1) is 34.4. The fourth-order valence-electron chi connectivity index (χ4n) is 10.4. The number of rotatable bonds is 27. The number of carbonyl (C=O) groups excluding carboxylic acids is 7. The van der Waals surface area contributed by atoms with Crippen LogP contribution >= 0.6 is 0 Å². The van der Waals surface area contributed by atoms with Crippen LogP contribution in [0.1, 0.15) is 105 Å². The van der Waals surface area contributed by atoms with Gasteiger partial charge in [-0.25, -0.2) is 8.42 Å². The average Bonchev–Trinajstić information content (AvgIpc) is 4.12. The third kappa shape index (κ3) is 16.3. The van der Waals surface area contributed by atoms with Crippen molar-refractivity contribution < 1.29 is 56.2 Å². The molecule has 9 atom stereocenters. The lowest BCUT2D eigenvalue weighted by atomic mass is 9.89. The molecule has 1 saturated carbocycles. The van der Waals surface area contributed by atoms with Crippen LogP contribution in [0.5, 0.6) is 5.75 Å². The Morgan fingerprint density at radius 2 is 1.41 bits per heavy atom. The molecule has 20 nitrogen and oxygen atoms in total. The number of likely N-dealkylation sites (tertiary alicyclic amines) is 2. The minimum atomic E-state index is -3.97. The zero-order chi connectivity index (χ0) is 54.5. The van der Waals surface area contributed by atoms with Crippen molar-refractivity contribution in [2.24, 2.45) is 29.6 Å². The number of hydrogen-bond donors (Lipinski definition) is 4. The van der Waals surface area contributed by atoms with E-state index in [1.807, 2.05) is 60.5 Å². The van der Waals surface area contributed by atoms with E-state index in [1.54, 1.807) is 60.0 Å². The Hall–Kier alpha value is -4.86. The molecule has 4 rings (SSSR count). The summed E-state index contributed by atoms with van der Waals surface area (Å²) in [5, 5.41) is 7.78. The van der Waals surface area contributed by atoms with E-state index in [1.165, 1.54) is 14.2 Å². The normalized spacial score (nSPS) is 19.8. The average molecular weight is 1050 g/mol. The predicted octanol–water partition coefficient (Wildman–Crippen LogP) is 2.33. The van der Waals surface area contributed by atoms with Gasteiger partial charge in [-0.05, 0) is 88.1 Å². The summed E-state index contributed by atoms with van der Waals surface area (Å²) in [5.74, 6) is -3.51. The topological polar surface area (TPSA) is 242 Å². The van der Waals surface area contributed by atoms with Gasteiger partial charge in [0.15, 0.2) is 6.61 Å². The summed E-state index contributed by atoms with van der Waals surface area (Å²) >= 11 is 0. The third-order valence-electron chi connectivity index (χ3n) is 15.0. The Labute approximate surface area is 434 Å². The van der Waals surface area contributed by atoms with E-state index in [0.29, 0.717) is 75.9 Å². The molecule has 2 aliphatic heterocycles. The summed E-state index contributed by atoms with van der Waals surface area (Å²) < 4.78 is 45.9. The molecule has 73 heavy (non-hydrogen) atoms. The van der Waals surface area contributed by atoms with Crippen LogP contribution in [0.3, 0.4) is 0 Å². The summed E-state index contributed by atoms with van der Waals surface area (Å²) in [6.45, 7) is 14.4. The minimum Gasteiger partial charge on any atom is -0.484 e. The second-order valence-electron chi connectivity index (χ2n) is 21.1. The highest BCUT2D eigenvalue weighted by molar-refractivity contribution is 7.90. The SMILES string of the molecule is CC[C@H](C)[C@@H]([C@@H](CC(=O)N1CCC[C@H]1[C@H](OC)[C@@H](C)C(=O)N[C@@H](Cc1ccc(OCC(=O)N2CCC(C(=O)NC)CC2)cc1)C(=O)NS(=O)(=O)C1CC1)OC)N(C)C(=O)[C@@H](NC(=O)[C@H](C(C)C)N(C)C)C(C)C. The lowest BCUT2D eigenvalue weighted by Gasteiger charge is -2.41. The molecule has 2 saturated heterocycles. The van der Waals surface area contributed by atoms with Crippen LogP contribution in [0.15, 0.2) is 24.3 Å². The van der Waals surface area contributed by atoms with Gasteiger partial charge < -0.3 is 44.9 Å².